The molecule has 0 aromatic heterocycles. The van der Waals surface area contributed by atoms with Gasteiger partial charge in [0.05, 0.1) is 11.7 Å². The molecule has 1 aliphatic rings. The number of hydrogen-bond acceptors (Lipinski definition) is 2. The first-order valence-electron chi connectivity index (χ1n) is 4.84. The van der Waals surface area contributed by atoms with Gasteiger partial charge in [-0.2, -0.15) is 0 Å². The molecule has 2 nitrogen and oxygen atoms in total. The van der Waals surface area contributed by atoms with Crippen LogP contribution >= 0.6 is 0 Å². The Bertz CT molecular complexity index is 171. The van der Waals surface area contributed by atoms with Crippen LogP contribution in [0.1, 0.15) is 40.5 Å². The zero-order chi connectivity index (χ0) is 9.57. The Morgan fingerprint density at radius 1 is 1.25 bits per heavy atom. The van der Waals surface area contributed by atoms with Crippen LogP contribution in [0.2, 0.25) is 0 Å². The summed E-state index contributed by atoms with van der Waals surface area (Å²) in [6.45, 7) is 7.83. The van der Waals surface area contributed by atoms with Gasteiger partial charge in [-0.05, 0) is 19.8 Å². The van der Waals surface area contributed by atoms with Gasteiger partial charge in [0.1, 0.15) is 0 Å². The molecule has 0 radical (unpaired) electrons. The summed E-state index contributed by atoms with van der Waals surface area (Å²) in [5, 5.41) is 19.9. The normalized spacial score (nSPS) is 45.5. The predicted molar refractivity (Wildman–Crippen MR) is 48.8 cm³/mol. The molecule has 0 bridgehead atoms. The van der Waals surface area contributed by atoms with Gasteiger partial charge in [0.25, 0.3) is 0 Å². The van der Waals surface area contributed by atoms with E-state index in [1.54, 1.807) is 0 Å². The number of hydrogen-bond donors (Lipinski definition) is 2. The van der Waals surface area contributed by atoms with Gasteiger partial charge >= 0.3 is 0 Å². The highest BCUT2D eigenvalue weighted by Gasteiger charge is 2.64. The van der Waals surface area contributed by atoms with E-state index in [0.717, 1.165) is 12.8 Å². The fourth-order valence-electron chi connectivity index (χ4n) is 2.83. The van der Waals surface area contributed by atoms with Crippen molar-refractivity contribution in [3.8, 4) is 0 Å². The minimum Gasteiger partial charge on any atom is -0.392 e. The van der Waals surface area contributed by atoms with Crippen LogP contribution < -0.4 is 0 Å². The van der Waals surface area contributed by atoms with E-state index in [9.17, 15) is 10.2 Å². The number of rotatable bonds is 2. The topological polar surface area (TPSA) is 40.5 Å². The van der Waals surface area contributed by atoms with E-state index < -0.39 is 5.60 Å². The van der Waals surface area contributed by atoms with Gasteiger partial charge in [-0.25, -0.2) is 0 Å². The molecule has 0 aromatic carbocycles. The van der Waals surface area contributed by atoms with Crippen LogP contribution in [0.3, 0.4) is 0 Å². The molecule has 1 rings (SSSR count). The maximum atomic E-state index is 10.1. The molecule has 12 heavy (non-hydrogen) atoms. The first-order chi connectivity index (χ1) is 5.44. The van der Waals surface area contributed by atoms with Crippen LogP contribution in [-0.4, -0.2) is 21.9 Å². The Kier molecular flexibility index (Phi) is 2.26. The van der Waals surface area contributed by atoms with Gasteiger partial charge in [0, 0.05) is 11.3 Å². The average molecular weight is 172 g/mol. The number of aliphatic hydroxyl groups is 2. The van der Waals surface area contributed by atoms with Crippen molar-refractivity contribution in [1.82, 2.24) is 0 Å². The molecule has 0 aromatic rings. The van der Waals surface area contributed by atoms with Crippen LogP contribution in [0.4, 0.5) is 0 Å². The fourth-order valence-corrected chi connectivity index (χ4v) is 2.83. The molecule has 0 heterocycles. The molecule has 0 amide bonds. The summed E-state index contributed by atoms with van der Waals surface area (Å²) in [4.78, 5) is 0. The molecule has 3 atom stereocenters. The molecule has 2 heteroatoms. The Morgan fingerprint density at radius 3 is 1.83 bits per heavy atom. The second kappa shape index (κ2) is 2.71. The zero-order valence-electron chi connectivity index (χ0n) is 8.46. The second-order valence-electron chi connectivity index (χ2n) is 4.24. The summed E-state index contributed by atoms with van der Waals surface area (Å²) in [6, 6.07) is 0. The molecule has 2 N–H and O–H groups in total. The molecular weight excluding hydrogens is 152 g/mol. The van der Waals surface area contributed by atoms with E-state index in [0.29, 0.717) is 0 Å². The molecule has 0 saturated heterocycles. The SMILES string of the molecule is CCC1(CC)C(O)C(C)C1(C)O. The van der Waals surface area contributed by atoms with Crippen LogP contribution in [0, 0.1) is 11.3 Å². The lowest BCUT2D eigenvalue weighted by Gasteiger charge is -2.62. The van der Waals surface area contributed by atoms with Crippen molar-refractivity contribution in [2.45, 2.75) is 52.2 Å². The predicted octanol–water partition coefficient (Wildman–Crippen LogP) is 1.55. The van der Waals surface area contributed by atoms with E-state index in [2.05, 4.69) is 0 Å². The fraction of sp³-hybridized carbons (Fsp3) is 1.00. The van der Waals surface area contributed by atoms with Crippen molar-refractivity contribution in [1.29, 1.82) is 0 Å². The van der Waals surface area contributed by atoms with Crippen molar-refractivity contribution in [3.05, 3.63) is 0 Å². The maximum absolute atomic E-state index is 10.1. The summed E-state index contributed by atoms with van der Waals surface area (Å²) in [6.07, 6.45) is 1.37. The zero-order valence-corrected chi connectivity index (χ0v) is 8.46. The lowest BCUT2D eigenvalue weighted by atomic mass is 9.47. The lowest BCUT2D eigenvalue weighted by molar-refractivity contribution is -0.279. The van der Waals surface area contributed by atoms with Crippen molar-refractivity contribution in [2.24, 2.45) is 11.3 Å². The lowest BCUT2D eigenvalue weighted by Crippen LogP contribution is -2.71. The third-order valence-electron chi connectivity index (χ3n) is 4.20. The van der Waals surface area contributed by atoms with Gasteiger partial charge < -0.3 is 10.2 Å². The van der Waals surface area contributed by atoms with Crippen molar-refractivity contribution in [2.75, 3.05) is 0 Å². The molecule has 1 fully saturated rings. The largest absolute Gasteiger partial charge is 0.392 e. The molecule has 1 aliphatic carbocycles. The minimum absolute atomic E-state index is 0.0115. The average Bonchev–Trinajstić information content (AvgIpc) is 2.05. The first-order valence-corrected chi connectivity index (χ1v) is 4.84. The van der Waals surface area contributed by atoms with Gasteiger partial charge in [0.15, 0.2) is 0 Å². The van der Waals surface area contributed by atoms with Gasteiger partial charge in [-0.15, -0.1) is 0 Å². The van der Waals surface area contributed by atoms with Gasteiger partial charge in [-0.1, -0.05) is 20.8 Å². The van der Waals surface area contributed by atoms with Crippen LogP contribution in [0.15, 0.2) is 0 Å². The highest BCUT2D eigenvalue weighted by atomic mass is 16.3. The van der Waals surface area contributed by atoms with Gasteiger partial charge in [0.2, 0.25) is 0 Å². The van der Waals surface area contributed by atoms with E-state index >= 15 is 0 Å². The molecule has 72 valence electrons. The molecule has 0 aliphatic heterocycles. The monoisotopic (exact) mass is 172 g/mol. The van der Waals surface area contributed by atoms with Crippen LogP contribution in [0.5, 0.6) is 0 Å². The Morgan fingerprint density at radius 2 is 1.67 bits per heavy atom. The van der Waals surface area contributed by atoms with E-state index in [-0.39, 0.29) is 17.4 Å². The Hall–Kier alpha value is -0.0800. The third-order valence-corrected chi connectivity index (χ3v) is 4.20. The highest BCUT2D eigenvalue weighted by Crippen LogP contribution is 2.57. The van der Waals surface area contributed by atoms with Gasteiger partial charge in [-0.3, -0.25) is 0 Å². The minimum atomic E-state index is -0.685. The summed E-state index contributed by atoms with van der Waals surface area (Å²) < 4.78 is 0. The molecular formula is C10H20O2. The van der Waals surface area contributed by atoms with E-state index in [4.69, 9.17) is 0 Å². The third kappa shape index (κ3) is 0.826. The summed E-state index contributed by atoms with van der Waals surface area (Å²) in [5.74, 6) is 0.0115. The van der Waals surface area contributed by atoms with E-state index in [1.807, 2.05) is 27.7 Å². The smallest absolute Gasteiger partial charge is 0.0750 e. The molecule has 0 spiro atoms. The quantitative estimate of drug-likeness (QED) is 0.663. The summed E-state index contributed by atoms with van der Waals surface area (Å²) in [5.41, 5.74) is -0.942. The highest BCUT2D eigenvalue weighted by molar-refractivity contribution is 5.14. The van der Waals surface area contributed by atoms with Crippen molar-refractivity contribution >= 4 is 0 Å². The van der Waals surface area contributed by atoms with Crippen molar-refractivity contribution < 1.29 is 10.2 Å². The van der Waals surface area contributed by atoms with Crippen LogP contribution in [0.25, 0.3) is 0 Å². The molecule has 3 unspecified atom stereocenters. The maximum Gasteiger partial charge on any atom is 0.0750 e. The second-order valence-corrected chi connectivity index (χ2v) is 4.24. The Balaban J connectivity index is 2.90. The van der Waals surface area contributed by atoms with Crippen molar-refractivity contribution in [3.63, 3.8) is 0 Å². The summed E-state index contributed by atoms with van der Waals surface area (Å²) in [7, 11) is 0. The van der Waals surface area contributed by atoms with Crippen LogP contribution in [-0.2, 0) is 0 Å². The summed E-state index contributed by atoms with van der Waals surface area (Å²) >= 11 is 0. The standard InChI is InChI=1S/C10H20O2/c1-5-10(6-2)8(11)7(3)9(10,4)12/h7-8,11-12H,5-6H2,1-4H3. The number of aliphatic hydroxyl groups excluding tert-OH is 1. The first kappa shape index (κ1) is 10.0. The Labute approximate surface area is 74.6 Å². The molecule has 1 saturated carbocycles. The van der Waals surface area contributed by atoms with E-state index in [1.165, 1.54) is 0 Å².